The lowest BCUT2D eigenvalue weighted by Gasteiger charge is -2.26. The van der Waals surface area contributed by atoms with Crippen LogP contribution in [0, 0.1) is 0 Å². The van der Waals surface area contributed by atoms with Crippen LogP contribution in [0.15, 0.2) is 30.3 Å². The van der Waals surface area contributed by atoms with Crippen LogP contribution < -0.4 is 11.1 Å². The van der Waals surface area contributed by atoms with Gasteiger partial charge in [0.1, 0.15) is 0 Å². The number of carbonyl (C=O) groups is 1. The average Bonchev–Trinajstić information content (AvgIpc) is 2.32. The molecule has 0 aliphatic rings. The average molecular weight is 277 g/mol. The summed E-state index contributed by atoms with van der Waals surface area (Å²) >= 11 is 0. The van der Waals surface area contributed by atoms with Gasteiger partial charge in [-0.25, -0.2) is 0 Å². The van der Waals surface area contributed by atoms with Crippen molar-refractivity contribution in [2.45, 2.75) is 12.5 Å². The smallest absolute Gasteiger partial charge is 0.244 e. The van der Waals surface area contributed by atoms with Gasteiger partial charge in [-0.1, -0.05) is 12.1 Å². The number of carbonyl (C=O) groups excluding carboxylic acids is 1. The molecule has 5 heteroatoms. The molecule has 1 atom stereocenters. The Kier molecular flexibility index (Phi) is 5.73. The number of nitrogens with one attached hydrogen (secondary N) is 1. The van der Waals surface area contributed by atoms with Crippen molar-refractivity contribution in [2.24, 2.45) is 0 Å². The summed E-state index contributed by atoms with van der Waals surface area (Å²) in [7, 11) is 3.74. The largest absolute Gasteiger partial charge is 0.399 e. The first-order valence-electron chi connectivity index (χ1n) is 6.47. The van der Waals surface area contributed by atoms with Crippen molar-refractivity contribution in [2.75, 3.05) is 32.9 Å². The summed E-state index contributed by atoms with van der Waals surface area (Å²) in [5, 5.41) is 12.7. The molecule has 0 spiro atoms. The van der Waals surface area contributed by atoms with Crippen LogP contribution in [0.3, 0.4) is 0 Å². The number of nitrogens with two attached hydrogens (primary N) is 1. The van der Waals surface area contributed by atoms with E-state index in [1.807, 2.05) is 31.1 Å². The molecule has 1 aromatic rings. The zero-order valence-corrected chi connectivity index (χ0v) is 12.3. The third kappa shape index (κ3) is 6.36. The number of hydrogen-bond donors (Lipinski definition) is 3. The Labute approximate surface area is 120 Å². The normalized spacial score (nSPS) is 14.4. The lowest BCUT2D eigenvalue weighted by molar-refractivity contribution is -0.117. The van der Waals surface area contributed by atoms with Crippen LogP contribution in [0.1, 0.15) is 12.5 Å². The molecule has 0 aromatic heterocycles. The Morgan fingerprint density at radius 3 is 2.80 bits per heavy atom. The van der Waals surface area contributed by atoms with Gasteiger partial charge in [-0.3, -0.25) is 4.79 Å². The minimum Gasteiger partial charge on any atom is -0.399 e. The van der Waals surface area contributed by atoms with Crippen molar-refractivity contribution in [3.05, 3.63) is 35.9 Å². The Hall–Kier alpha value is -1.85. The molecule has 4 N–H and O–H groups in total. The van der Waals surface area contributed by atoms with Crippen LogP contribution in [0.5, 0.6) is 0 Å². The predicted octanol–water partition coefficient (Wildman–Crippen LogP) is 0.711. The molecule has 0 saturated heterocycles. The van der Waals surface area contributed by atoms with Gasteiger partial charge >= 0.3 is 0 Å². The van der Waals surface area contributed by atoms with Crippen molar-refractivity contribution in [3.8, 4) is 0 Å². The van der Waals surface area contributed by atoms with Gasteiger partial charge in [0.25, 0.3) is 0 Å². The molecule has 0 bridgehead atoms. The van der Waals surface area contributed by atoms with Gasteiger partial charge in [0.2, 0.25) is 5.91 Å². The molecule has 0 fully saturated rings. The molecule has 20 heavy (non-hydrogen) atoms. The lowest BCUT2D eigenvalue weighted by Crippen LogP contribution is -2.46. The van der Waals surface area contributed by atoms with Crippen LogP contribution >= 0.6 is 0 Å². The highest BCUT2D eigenvalue weighted by Gasteiger charge is 2.21. The van der Waals surface area contributed by atoms with Crippen LogP contribution in [0.25, 0.3) is 6.08 Å². The molecule has 0 radical (unpaired) electrons. The summed E-state index contributed by atoms with van der Waals surface area (Å²) in [4.78, 5) is 13.5. The molecular formula is C15H23N3O2. The SMILES string of the molecule is CN(C)CC(C)(O)CNC(=O)/C=C/c1cccc(N)c1. The number of aliphatic hydroxyl groups is 1. The van der Waals surface area contributed by atoms with Gasteiger partial charge in [-0.05, 0) is 44.8 Å². The lowest BCUT2D eigenvalue weighted by atomic mass is 10.1. The first kappa shape index (κ1) is 16.2. The summed E-state index contributed by atoms with van der Waals surface area (Å²) < 4.78 is 0. The first-order chi connectivity index (χ1) is 9.28. The highest BCUT2D eigenvalue weighted by atomic mass is 16.3. The molecule has 5 nitrogen and oxygen atoms in total. The topological polar surface area (TPSA) is 78.6 Å². The highest BCUT2D eigenvalue weighted by molar-refractivity contribution is 5.91. The third-order valence-corrected chi connectivity index (χ3v) is 2.64. The van der Waals surface area contributed by atoms with Gasteiger partial charge in [0.15, 0.2) is 0 Å². The number of benzene rings is 1. The Morgan fingerprint density at radius 2 is 2.20 bits per heavy atom. The van der Waals surface area contributed by atoms with E-state index in [-0.39, 0.29) is 12.5 Å². The van der Waals surface area contributed by atoms with Crippen molar-refractivity contribution in [1.82, 2.24) is 10.2 Å². The van der Waals surface area contributed by atoms with E-state index >= 15 is 0 Å². The number of likely N-dealkylation sites (N-methyl/N-ethyl adjacent to an activating group) is 1. The summed E-state index contributed by atoms with van der Waals surface area (Å²) in [5.41, 5.74) is 6.22. The van der Waals surface area contributed by atoms with Crippen molar-refractivity contribution < 1.29 is 9.90 Å². The van der Waals surface area contributed by atoms with Crippen LogP contribution in [0.4, 0.5) is 5.69 Å². The van der Waals surface area contributed by atoms with Crippen LogP contribution in [-0.4, -0.2) is 48.7 Å². The fourth-order valence-electron chi connectivity index (χ4n) is 1.91. The van der Waals surface area contributed by atoms with E-state index in [1.54, 1.807) is 25.1 Å². The Morgan fingerprint density at radius 1 is 1.50 bits per heavy atom. The third-order valence-electron chi connectivity index (χ3n) is 2.64. The standard InChI is InChI=1S/C15H23N3O2/c1-15(20,11-18(2)3)10-17-14(19)8-7-12-5-4-6-13(16)9-12/h4-9,20H,10-11,16H2,1-3H3,(H,17,19)/b8-7+. The summed E-state index contributed by atoms with van der Waals surface area (Å²) in [6, 6.07) is 7.26. The highest BCUT2D eigenvalue weighted by Crippen LogP contribution is 2.08. The van der Waals surface area contributed by atoms with E-state index in [0.717, 1.165) is 5.56 Å². The van der Waals surface area contributed by atoms with E-state index < -0.39 is 5.60 Å². The van der Waals surface area contributed by atoms with Gasteiger partial charge in [-0.2, -0.15) is 0 Å². The van der Waals surface area contributed by atoms with Gasteiger partial charge < -0.3 is 21.1 Å². The monoisotopic (exact) mass is 277 g/mol. The zero-order valence-electron chi connectivity index (χ0n) is 12.3. The van der Waals surface area contributed by atoms with Gasteiger partial charge in [-0.15, -0.1) is 0 Å². The maximum absolute atomic E-state index is 11.7. The maximum Gasteiger partial charge on any atom is 0.244 e. The predicted molar refractivity (Wildman–Crippen MR) is 82.1 cm³/mol. The number of nitrogen functional groups attached to an aromatic ring is 1. The van der Waals surface area contributed by atoms with E-state index in [9.17, 15) is 9.90 Å². The molecule has 1 unspecified atom stereocenters. The minimum absolute atomic E-state index is 0.200. The van der Waals surface area contributed by atoms with Crippen molar-refractivity contribution >= 4 is 17.7 Å². The number of anilines is 1. The second-order valence-corrected chi connectivity index (χ2v) is 5.46. The van der Waals surface area contributed by atoms with E-state index in [0.29, 0.717) is 12.2 Å². The molecule has 1 amide bonds. The fourth-order valence-corrected chi connectivity index (χ4v) is 1.91. The number of hydrogen-bond acceptors (Lipinski definition) is 4. The van der Waals surface area contributed by atoms with Crippen LogP contribution in [-0.2, 0) is 4.79 Å². The quantitative estimate of drug-likeness (QED) is 0.528. The van der Waals surface area contributed by atoms with Gasteiger partial charge in [0, 0.05) is 24.9 Å². The molecule has 1 rings (SSSR count). The first-order valence-corrected chi connectivity index (χ1v) is 6.47. The van der Waals surface area contributed by atoms with E-state index in [2.05, 4.69) is 5.32 Å². The van der Waals surface area contributed by atoms with Crippen molar-refractivity contribution in [1.29, 1.82) is 0 Å². The maximum atomic E-state index is 11.7. The van der Waals surface area contributed by atoms with Crippen molar-refractivity contribution in [3.63, 3.8) is 0 Å². The van der Waals surface area contributed by atoms with Gasteiger partial charge in [0.05, 0.1) is 5.60 Å². The van der Waals surface area contributed by atoms with Crippen LogP contribution in [0.2, 0.25) is 0 Å². The molecule has 0 heterocycles. The molecular weight excluding hydrogens is 254 g/mol. The number of nitrogens with zero attached hydrogens (tertiary/aromatic N) is 1. The summed E-state index contributed by atoms with van der Waals surface area (Å²) in [5.74, 6) is -0.244. The molecule has 110 valence electrons. The zero-order chi connectivity index (χ0) is 15.2. The molecule has 0 aliphatic carbocycles. The second-order valence-electron chi connectivity index (χ2n) is 5.46. The number of rotatable bonds is 6. The van der Waals surface area contributed by atoms with E-state index in [1.165, 1.54) is 6.08 Å². The fraction of sp³-hybridized carbons (Fsp3) is 0.400. The summed E-state index contributed by atoms with van der Waals surface area (Å²) in [6.45, 7) is 2.37. The second kappa shape index (κ2) is 7.07. The molecule has 0 aliphatic heterocycles. The Bertz CT molecular complexity index is 482. The summed E-state index contributed by atoms with van der Waals surface area (Å²) in [6.07, 6.45) is 3.12. The number of amides is 1. The van der Waals surface area contributed by atoms with E-state index in [4.69, 9.17) is 5.73 Å². The molecule has 0 saturated carbocycles. The Balaban J connectivity index is 2.48. The minimum atomic E-state index is -0.954. The molecule has 1 aromatic carbocycles.